The minimum absolute atomic E-state index is 0. The number of likely N-dealkylation sites (tertiary alicyclic amines) is 1. The van der Waals surface area contributed by atoms with Crippen LogP contribution in [0.4, 0.5) is 4.39 Å². The van der Waals surface area contributed by atoms with Gasteiger partial charge in [0.15, 0.2) is 17.2 Å². The molecule has 2 aromatic rings. The first-order valence-electron chi connectivity index (χ1n) is 11.9. The number of carbonyl (C=O) groups is 1. The number of Topliss-reactive ketones (excluding diaryl/α,β-unsaturated/α-hetero) is 1. The molecule has 33 heavy (non-hydrogen) atoms. The first kappa shape index (κ1) is 25.5. The summed E-state index contributed by atoms with van der Waals surface area (Å²) in [5.41, 5.74) is 2.03. The molecule has 4 nitrogen and oxygen atoms in total. The number of hydrogen-bond donors (Lipinski definition) is 0. The topological polar surface area (TPSA) is 38.8 Å². The minimum atomic E-state index is -1.82. The van der Waals surface area contributed by atoms with Crippen LogP contribution in [0.2, 0.25) is 0 Å². The van der Waals surface area contributed by atoms with E-state index in [-0.39, 0.29) is 30.5 Å². The number of carbonyl (C=O) groups excluding carboxylic acids is 1. The Morgan fingerprint density at radius 3 is 2.33 bits per heavy atom. The van der Waals surface area contributed by atoms with Gasteiger partial charge in [0.05, 0.1) is 13.2 Å². The summed E-state index contributed by atoms with van der Waals surface area (Å²) in [6, 6.07) is 12.0. The van der Waals surface area contributed by atoms with Gasteiger partial charge in [0.2, 0.25) is 5.78 Å². The van der Waals surface area contributed by atoms with Gasteiger partial charge in [0.25, 0.3) is 0 Å². The number of nitrogens with zero attached hydrogens (tertiary/aromatic N) is 1. The summed E-state index contributed by atoms with van der Waals surface area (Å²) in [5.74, 6) is 0.952. The van der Waals surface area contributed by atoms with Crippen LogP contribution in [0.5, 0.6) is 11.5 Å². The van der Waals surface area contributed by atoms with Crippen molar-refractivity contribution in [3.05, 3.63) is 58.7 Å². The van der Waals surface area contributed by atoms with E-state index >= 15 is 4.39 Å². The van der Waals surface area contributed by atoms with Crippen molar-refractivity contribution in [2.45, 2.75) is 58.7 Å². The third-order valence-electron chi connectivity index (χ3n) is 6.87. The second-order valence-electron chi connectivity index (χ2n) is 9.14. The highest BCUT2D eigenvalue weighted by atomic mass is 35.5. The maximum Gasteiger partial charge on any atom is 0.200 e. The molecular weight excluding hydrogens is 441 g/mol. The Balaban J connectivity index is 0.00000306. The van der Waals surface area contributed by atoms with E-state index in [4.69, 9.17) is 9.47 Å². The molecule has 1 aliphatic heterocycles. The average molecular weight is 476 g/mol. The lowest BCUT2D eigenvalue weighted by atomic mass is 9.83. The summed E-state index contributed by atoms with van der Waals surface area (Å²) in [4.78, 5) is 15.5. The van der Waals surface area contributed by atoms with Crippen LogP contribution in [0.1, 0.15) is 60.2 Å². The van der Waals surface area contributed by atoms with E-state index in [0.717, 1.165) is 38.0 Å². The van der Waals surface area contributed by atoms with Crippen LogP contribution in [0, 0.1) is 12.8 Å². The fraction of sp³-hybridized carbons (Fsp3) is 0.519. The van der Waals surface area contributed by atoms with E-state index < -0.39 is 5.67 Å². The number of piperidine rings is 1. The molecule has 0 saturated carbocycles. The second-order valence-corrected chi connectivity index (χ2v) is 9.14. The number of rotatable bonds is 8. The number of alkyl halides is 1. The predicted octanol–water partition coefficient (Wildman–Crippen LogP) is 5.96. The minimum Gasteiger partial charge on any atom is -0.490 e. The van der Waals surface area contributed by atoms with Crippen molar-refractivity contribution in [1.82, 2.24) is 4.90 Å². The van der Waals surface area contributed by atoms with Crippen molar-refractivity contribution in [3.8, 4) is 11.5 Å². The van der Waals surface area contributed by atoms with Crippen LogP contribution >= 0.6 is 12.4 Å². The molecule has 0 radical (unpaired) electrons. The van der Waals surface area contributed by atoms with Crippen LogP contribution in [-0.2, 0) is 13.0 Å². The van der Waals surface area contributed by atoms with Gasteiger partial charge in [-0.3, -0.25) is 9.69 Å². The molecule has 0 bridgehead atoms. The Labute approximate surface area is 202 Å². The van der Waals surface area contributed by atoms with Gasteiger partial charge in [-0.1, -0.05) is 24.3 Å². The SMILES string of the molecule is CCOc1cc2c(cc1OCC)C(=O)C(F)(CC1CCN(Cc3ccccc3C)CC1)C2.Cl. The Kier molecular flexibility index (Phi) is 8.41. The van der Waals surface area contributed by atoms with Gasteiger partial charge in [0.1, 0.15) is 0 Å². The summed E-state index contributed by atoms with van der Waals surface area (Å²) in [7, 11) is 0. The molecule has 0 amide bonds. The third kappa shape index (κ3) is 5.52. The van der Waals surface area contributed by atoms with Gasteiger partial charge in [-0.2, -0.15) is 0 Å². The molecule has 6 heteroatoms. The number of benzene rings is 2. The lowest BCUT2D eigenvalue weighted by Crippen LogP contribution is -2.39. The van der Waals surface area contributed by atoms with Gasteiger partial charge < -0.3 is 9.47 Å². The van der Waals surface area contributed by atoms with E-state index in [0.29, 0.717) is 36.7 Å². The van der Waals surface area contributed by atoms with Crippen molar-refractivity contribution >= 4 is 18.2 Å². The monoisotopic (exact) mass is 475 g/mol. The molecule has 0 N–H and O–H groups in total. The molecule has 4 rings (SSSR count). The van der Waals surface area contributed by atoms with E-state index in [1.54, 1.807) is 12.1 Å². The zero-order valence-electron chi connectivity index (χ0n) is 19.9. The summed E-state index contributed by atoms with van der Waals surface area (Å²) >= 11 is 0. The molecule has 0 spiro atoms. The first-order chi connectivity index (χ1) is 15.4. The molecule has 180 valence electrons. The van der Waals surface area contributed by atoms with E-state index in [2.05, 4.69) is 36.1 Å². The molecular formula is C27H35ClFNO3. The van der Waals surface area contributed by atoms with E-state index in [1.807, 2.05) is 13.8 Å². The summed E-state index contributed by atoms with van der Waals surface area (Å²) in [5, 5.41) is 0. The van der Waals surface area contributed by atoms with Crippen molar-refractivity contribution in [2.24, 2.45) is 5.92 Å². The fourth-order valence-electron chi connectivity index (χ4n) is 5.12. The van der Waals surface area contributed by atoms with Crippen LogP contribution in [0.3, 0.4) is 0 Å². The molecule has 1 saturated heterocycles. The molecule has 1 heterocycles. The quantitative estimate of drug-likeness (QED) is 0.472. The van der Waals surface area contributed by atoms with E-state index in [1.165, 1.54) is 11.1 Å². The normalized spacial score (nSPS) is 20.9. The van der Waals surface area contributed by atoms with Crippen LogP contribution < -0.4 is 9.47 Å². The standard InChI is InChI=1S/C27H34FNO3.ClH/c1-4-31-24-14-22-17-27(28,26(30)23(22)15-25(24)32-5-2)16-20-10-12-29(13-11-20)18-21-9-7-6-8-19(21)3;/h6-9,14-15,20H,4-5,10-13,16-18H2,1-3H3;1H. The molecule has 1 atom stereocenters. The Bertz CT molecular complexity index is 974. The van der Waals surface area contributed by atoms with Gasteiger partial charge in [-0.25, -0.2) is 4.39 Å². The number of fused-ring (bicyclic) bond motifs is 1. The fourth-order valence-corrected chi connectivity index (χ4v) is 5.12. The van der Waals surface area contributed by atoms with Crippen molar-refractivity contribution in [3.63, 3.8) is 0 Å². The van der Waals surface area contributed by atoms with Crippen molar-refractivity contribution < 1.29 is 18.7 Å². The average Bonchev–Trinajstić information content (AvgIpc) is 3.01. The number of hydrogen-bond acceptors (Lipinski definition) is 4. The van der Waals surface area contributed by atoms with Crippen molar-refractivity contribution in [2.75, 3.05) is 26.3 Å². The molecule has 0 aromatic heterocycles. The molecule has 2 aromatic carbocycles. The first-order valence-corrected chi connectivity index (χ1v) is 11.9. The molecule has 2 aliphatic rings. The van der Waals surface area contributed by atoms with Gasteiger partial charge in [-0.05, 0) is 87.9 Å². The van der Waals surface area contributed by atoms with Crippen LogP contribution in [0.25, 0.3) is 0 Å². The lowest BCUT2D eigenvalue weighted by Gasteiger charge is -2.34. The maximum absolute atomic E-state index is 16.0. The zero-order valence-corrected chi connectivity index (χ0v) is 20.7. The smallest absolute Gasteiger partial charge is 0.200 e. The maximum atomic E-state index is 16.0. The number of halogens is 2. The predicted molar refractivity (Wildman–Crippen MR) is 132 cm³/mol. The third-order valence-corrected chi connectivity index (χ3v) is 6.87. The molecule has 1 aliphatic carbocycles. The highest BCUT2D eigenvalue weighted by molar-refractivity contribution is 6.07. The number of aryl methyl sites for hydroxylation is 1. The van der Waals surface area contributed by atoms with Crippen LogP contribution in [-0.4, -0.2) is 42.7 Å². The van der Waals surface area contributed by atoms with E-state index in [9.17, 15) is 4.79 Å². The van der Waals surface area contributed by atoms with Gasteiger partial charge in [-0.15, -0.1) is 12.4 Å². The highest BCUT2D eigenvalue weighted by Gasteiger charge is 2.48. The Morgan fingerprint density at radius 1 is 1.06 bits per heavy atom. The lowest BCUT2D eigenvalue weighted by molar-refractivity contribution is 0.0587. The Hall–Kier alpha value is -2.11. The number of ether oxygens (including phenoxy) is 2. The highest BCUT2D eigenvalue weighted by Crippen LogP contribution is 2.43. The van der Waals surface area contributed by atoms with Gasteiger partial charge in [0, 0.05) is 18.5 Å². The molecule has 1 unspecified atom stereocenters. The zero-order chi connectivity index (χ0) is 22.7. The Morgan fingerprint density at radius 2 is 1.70 bits per heavy atom. The van der Waals surface area contributed by atoms with Gasteiger partial charge >= 0.3 is 0 Å². The summed E-state index contributed by atoms with van der Waals surface area (Å²) in [6.07, 6.45) is 2.29. The largest absolute Gasteiger partial charge is 0.490 e. The molecule has 1 fully saturated rings. The van der Waals surface area contributed by atoms with Crippen LogP contribution in [0.15, 0.2) is 36.4 Å². The van der Waals surface area contributed by atoms with Crippen molar-refractivity contribution in [1.29, 1.82) is 0 Å². The summed E-state index contributed by atoms with van der Waals surface area (Å²) in [6.45, 7) is 9.72. The number of ketones is 1. The summed E-state index contributed by atoms with van der Waals surface area (Å²) < 4.78 is 27.3. The second kappa shape index (κ2) is 10.9.